The smallest absolute Gasteiger partial charge is 0.224 e. The number of carbonyl (C=O) groups is 1. The molecule has 1 fully saturated rings. The summed E-state index contributed by atoms with van der Waals surface area (Å²) in [4.78, 5) is 16.4. The maximum Gasteiger partial charge on any atom is 0.224 e. The number of aryl methyl sites for hydroxylation is 2. The highest BCUT2D eigenvalue weighted by atomic mass is 16.5. The number of nitrogens with one attached hydrogen (secondary N) is 1. The molecule has 1 saturated carbocycles. The summed E-state index contributed by atoms with van der Waals surface area (Å²) in [6, 6.07) is 10.0. The minimum atomic E-state index is 0.0257. The molecular formula is C20H24N2O2. The summed E-state index contributed by atoms with van der Waals surface area (Å²) in [7, 11) is 0. The van der Waals surface area contributed by atoms with Gasteiger partial charge < -0.3 is 10.1 Å². The Labute approximate surface area is 143 Å². The number of aromatic nitrogens is 1. The lowest BCUT2D eigenvalue weighted by Crippen LogP contribution is -2.25. The Kier molecular flexibility index (Phi) is 5.14. The molecule has 1 amide bonds. The lowest BCUT2D eigenvalue weighted by atomic mass is 10.0. The Bertz CT molecular complexity index is 706. The molecule has 3 rings (SSSR count). The van der Waals surface area contributed by atoms with Crippen LogP contribution >= 0.6 is 0 Å². The summed E-state index contributed by atoms with van der Waals surface area (Å²) in [5.74, 6) is 1.40. The van der Waals surface area contributed by atoms with Crippen molar-refractivity contribution in [1.82, 2.24) is 10.3 Å². The lowest BCUT2D eigenvalue weighted by Gasteiger charge is -2.09. The predicted octanol–water partition coefficient (Wildman–Crippen LogP) is 3.35. The van der Waals surface area contributed by atoms with Gasteiger partial charge in [-0.1, -0.05) is 29.8 Å². The van der Waals surface area contributed by atoms with Gasteiger partial charge in [-0.3, -0.25) is 4.79 Å². The number of pyridine rings is 1. The topological polar surface area (TPSA) is 51.2 Å². The Balaban J connectivity index is 1.47. The third kappa shape index (κ3) is 4.82. The highest BCUT2D eigenvalue weighted by molar-refractivity contribution is 5.79. The zero-order valence-corrected chi connectivity index (χ0v) is 14.3. The van der Waals surface area contributed by atoms with Crippen LogP contribution in [0.2, 0.25) is 0 Å². The van der Waals surface area contributed by atoms with Crippen molar-refractivity contribution in [2.75, 3.05) is 6.61 Å². The molecule has 0 saturated heterocycles. The van der Waals surface area contributed by atoms with Crippen molar-refractivity contribution in [3.05, 3.63) is 58.8 Å². The van der Waals surface area contributed by atoms with E-state index in [2.05, 4.69) is 28.5 Å². The first-order valence-corrected chi connectivity index (χ1v) is 8.51. The van der Waals surface area contributed by atoms with Crippen LogP contribution in [0.3, 0.4) is 0 Å². The van der Waals surface area contributed by atoms with Crippen LogP contribution in [0.5, 0.6) is 5.88 Å². The van der Waals surface area contributed by atoms with E-state index in [-0.39, 0.29) is 5.91 Å². The Hall–Kier alpha value is -2.36. The Morgan fingerprint density at radius 3 is 2.79 bits per heavy atom. The van der Waals surface area contributed by atoms with Gasteiger partial charge in [-0.25, -0.2) is 4.98 Å². The van der Waals surface area contributed by atoms with Gasteiger partial charge >= 0.3 is 0 Å². The molecule has 1 aromatic carbocycles. The second kappa shape index (κ2) is 7.47. The first-order valence-electron chi connectivity index (χ1n) is 8.51. The van der Waals surface area contributed by atoms with Crippen molar-refractivity contribution in [3.63, 3.8) is 0 Å². The van der Waals surface area contributed by atoms with Crippen molar-refractivity contribution < 1.29 is 9.53 Å². The molecule has 1 N–H and O–H groups in total. The summed E-state index contributed by atoms with van der Waals surface area (Å²) < 4.78 is 5.62. The normalized spacial score (nSPS) is 13.6. The van der Waals surface area contributed by atoms with E-state index in [0.29, 0.717) is 18.8 Å². The molecule has 0 aliphatic heterocycles. The number of hydrogen-bond acceptors (Lipinski definition) is 3. The van der Waals surface area contributed by atoms with E-state index >= 15 is 0 Å². The van der Waals surface area contributed by atoms with Crippen LogP contribution in [0.15, 0.2) is 36.5 Å². The lowest BCUT2D eigenvalue weighted by molar-refractivity contribution is -0.120. The third-order valence-corrected chi connectivity index (χ3v) is 4.31. The van der Waals surface area contributed by atoms with Gasteiger partial charge in [0.15, 0.2) is 0 Å². The molecule has 0 unspecified atom stereocenters. The van der Waals surface area contributed by atoms with Gasteiger partial charge in [0.1, 0.15) is 0 Å². The number of amides is 1. The van der Waals surface area contributed by atoms with Gasteiger partial charge in [-0.2, -0.15) is 0 Å². The number of ether oxygens (including phenoxy) is 1. The number of hydrogen-bond donors (Lipinski definition) is 1. The molecule has 1 aliphatic carbocycles. The van der Waals surface area contributed by atoms with Crippen LogP contribution in [-0.4, -0.2) is 17.5 Å². The fraction of sp³-hybridized carbons (Fsp3) is 0.400. The van der Waals surface area contributed by atoms with E-state index in [1.807, 2.05) is 26.0 Å². The van der Waals surface area contributed by atoms with E-state index in [4.69, 9.17) is 4.74 Å². The molecule has 4 nitrogen and oxygen atoms in total. The van der Waals surface area contributed by atoms with E-state index in [9.17, 15) is 4.79 Å². The third-order valence-electron chi connectivity index (χ3n) is 4.31. The quantitative estimate of drug-likeness (QED) is 0.850. The molecule has 126 valence electrons. The Morgan fingerprint density at radius 1 is 1.25 bits per heavy atom. The maximum absolute atomic E-state index is 12.1. The van der Waals surface area contributed by atoms with Gasteiger partial charge in [0.25, 0.3) is 0 Å². The Morgan fingerprint density at radius 2 is 2.08 bits per heavy atom. The van der Waals surface area contributed by atoms with Crippen molar-refractivity contribution in [3.8, 4) is 5.88 Å². The fourth-order valence-electron chi connectivity index (χ4n) is 2.52. The number of benzene rings is 1. The molecular weight excluding hydrogens is 300 g/mol. The van der Waals surface area contributed by atoms with Gasteiger partial charge in [-0.15, -0.1) is 0 Å². The van der Waals surface area contributed by atoms with Crippen LogP contribution in [0.1, 0.15) is 35.1 Å². The zero-order valence-electron chi connectivity index (χ0n) is 14.3. The second-order valence-electron chi connectivity index (χ2n) is 6.64. The first-order chi connectivity index (χ1) is 11.6. The average Bonchev–Trinajstić information content (AvgIpc) is 3.40. The minimum Gasteiger partial charge on any atom is -0.477 e. The van der Waals surface area contributed by atoms with Crippen molar-refractivity contribution in [2.24, 2.45) is 5.92 Å². The fourth-order valence-corrected chi connectivity index (χ4v) is 2.52. The van der Waals surface area contributed by atoms with E-state index in [1.54, 1.807) is 6.20 Å². The van der Waals surface area contributed by atoms with Gasteiger partial charge in [0, 0.05) is 18.8 Å². The average molecular weight is 324 g/mol. The van der Waals surface area contributed by atoms with Crippen molar-refractivity contribution in [1.29, 1.82) is 0 Å². The van der Waals surface area contributed by atoms with Crippen LogP contribution in [0.25, 0.3) is 0 Å². The zero-order chi connectivity index (χ0) is 16.9. The van der Waals surface area contributed by atoms with E-state index in [0.717, 1.165) is 29.2 Å². The van der Waals surface area contributed by atoms with Gasteiger partial charge in [0.2, 0.25) is 11.8 Å². The first kappa shape index (κ1) is 16.5. The van der Waals surface area contributed by atoms with E-state index in [1.165, 1.54) is 18.4 Å². The molecule has 2 aromatic rings. The number of carbonyl (C=O) groups excluding carboxylic acids is 1. The van der Waals surface area contributed by atoms with Crippen LogP contribution < -0.4 is 10.1 Å². The molecule has 1 heterocycles. The molecule has 0 radical (unpaired) electrons. The second-order valence-corrected chi connectivity index (χ2v) is 6.64. The van der Waals surface area contributed by atoms with Gasteiger partial charge in [0.05, 0.1) is 13.0 Å². The molecule has 24 heavy (non-hydrogen) atoms. The highest BCUT2D eigenvalue weighted by Crippen LogP contribution is 2.29. The molecule has 1 aromatic heterocycles. The molecule has 4 heteroatoms. The van der Waals surface area contributed by atoms with Gasteiger partial charge in [-0.05, 0) is 49.3 Å². The van der Waals surface area contributed by atoms with Crippen LogP contribution in [0, 0.1) is 19.8 Å². The standard InChI is InChI=1S/C20H24N2O2/c1-14-3-4-15(2)18(9-14)10-19(23)21-11-17-7-8-20(22-12-17)24-13-16-5-6-16/h3-4,7-9,12,16H,5-6,10-11,13H2,1-2H3,(H,21,23). The summed E-state index contributed by atoms with van der Waals surface area (Å²) in [5.41, 5.74) is 4.38. The van der Waals surface area contributed by atoms with Crippen molar-refractivity contribution in [2.45, 2.75) is 39.7 Å². The minimum absolute atomic E-state index is 0.0257. The molecule has 0 bridgehead atoms. The highest BCUT2D eigenvalue weighted by Gasteiger charge is 2.22. The largest absolute Gasteiger partial charge is 0.477 e. The summed E-state index contributed by atoms with van der Waals surface area (Å²) in [5, 5.41) is 2.95. The van der Waals surface area contributed by atoms with E-state index < -0.39 is 0 Å². The molecule has 0 atom stereocenters. The van der Waals surface area contributed by atoms with Crippen molar-refractivity contribution >= 4 is 5.91 Å². The predicted molar refractivity (Wildman–Crippen MR) is 93.9 cm³/mol. The number of nitrogens with zero attached hydrogens (tertiary/aromatic N) is 1. The van der Waals surface area contributed by atoms with Crippen LogP contribution in [0.4, 0.5) is 0 Å². The summed E-state index contributed by atoms with van der Waals surface area (Å²) in [6.07, 6.45) is 4.71. The molecule has 1 aliphatic rings. The molecule has 0 spiro atoms. The summed E-state index contributed by atoms with van der Waals surface area (Å²) >= 11 is 0. The monoisotopic (exact) mass is 324 g/mol. The maximum atomic E-state index is 12.1. The summed E-state index contributed by atoms with van der Waals surface area (Å²) in [6.45, 7) is 5.32. The SMILES string of the molecule is Cc1ccc(C)c(CC(=O)NCc2ccc(OCC3CC3)nc2)c1. The number of rotatable bonds is 7. The van der Waals surface area contributed by atoms with Crippen LogP contribution in [-0.2, 0) is 17.8 Å².